The minimum atomic E-state index is -3.60. The third-order valence-electron chi connectivity index (χ3n) is 5.26. The predicted molar refractivity (Wildman–Crippen MR) is 114 cm³/mol. The van der Waals surface area contributed by atoms with Crippen LogP contribution in [-0.2, 0) is 16.6 Å². The first kappa shape index (κ1) is 19.2. The number of aryl methyl sites for hydroxylation is 1. The summed E-state index contributed by atoms with van der Waals surface area (Å²) in [5.74, 6) is -0.190. The Labute approximate surface area is 171 Å². The quantitative estimate of drug-likeness (QED) is 0.709. The number of nitrogens with zero attached hydrogens (tertiary/aromatic N) is 1. The van der Waals surface area contributed by atoms with E-state index >= 15 is 0 Å². The SMILES string of the molecule is CCN1c2ccc(C(=O)NCc3ccccc3C)cc2-c2ccccc2S1(=O)=O. The highest BCUT2D eigenvalue weighted by Gasteiger charge is 2.34. The molecule has 3 aromatic rings. The number of rotatable bonds is 4. The van der Waals surface area contributed by atoms with Crippen molar-refractivity contribution in [1.82, 2.24) is 5.32 Å². The van der Waals surface area contributed by atoms with Gasteiger partial charge in [0.2, 0.25) is 0 Å². The van der Waals surface area contributed by atoms with Gasteiger partial charge in [-0.15, -0.1) is 0 Å². The van der Waals surface area contributed by atoms with Crippen molar-refractivity contribution in [2.24, 2.45) is 0 Å². The Morgan fingerprint density at radius 3 is 2.45 bits per heavy atom. The number of sulfonamides is 1. The van der Waals surface area contributed by atoms with E-state index in [1.165, 1.54) is 4.31 Å². The lowest BCUT2D eigenvalue weighted by Gasteiger charge is -2.31. The number of nitrogens with one attached hydrogen (secondary N) is 1. The highest BCUT2D eigenvalue weighted by atomic mass is 32.2. The maximum Gasteiger partial charge on any atom is 0.264 e. The van der Waals surface area contributed by atoms with Gasteiger partial charge in [-0.05, 0) is 49.2 Å². The lowest BCUT2D eigenvalue weighted by atomic mass is 10.00. The smallest absolute Gasteiger partial charge is 0.264 e. The molecule has 148 valence electrons. The molecule has 29 heavy (non-hydrogen) atoms. The van der Waals surface area contributed by atoms with Gasteiger partial charge in [-0.2, -0.15) is 0 Å². The predicted octanol–water partition coefficient (Wildman–Crippen LogP) is 4.12. The van der Waals surface area contributed by atoms with Crippen molar-refractivity contribution >= 4 is 21.6 Å². The topological polar surface area (TPSA) is 66.5 Å². The van der Waals surface area contributed by atoms with Gasteiger partial charge in [-0.25, -0.2) is 8.42 Å². The van der Waals surface area contributed by atoms with Crippen molar-refractivity contribution in [3.8, 4) is 11.1 Å². The van der Waals surface area contributed by atoms with Crippen LogP contribution in [0.1, 0.15) is 28.4 Å². The molecule has 0 spiro atoms. The van der Waals surface area contributed by atoms with E-state index in [0.29, 0.717) is 29.9 Å². The Morgan fingerprint density at radius 1 is 0.966 bits per heavy atom. The zero-order chi connectivity index (χ0) is 20.6. The molecule has 0 atom stereocenters. The van der Waals surface area contributed by atoms with Crippen LogP contribution in [0.4, 0.5) is 5.69 Å². The van der Waals surface area contributed by atoms with E-state index in [1.807, 2.05) is 37.3 Å². The van der Waals surface area contributed by atoms with Gasteiger partial charge in [0.25, 0.3) is 15.9 Å². The Balaban J connectivity index is 1.70. The molecule has 0 unspecified atom stereocenters. The standard InChI is InChI=1S/C23H22N2O3S/c1-3-25-21-13-12-17(23(26)24-15-18-9-5-4-8-16(18)2)14-20(21)19-10-6-7-11-22(19)29(25,27)28/h4-14H,3,15H2,1-2H3,(H,24,26). The van der Waals surface area contributed by atoms with E-state index in [0.717, 1.165) is 16.7 Å². The van der Waals surface area contributed by atoms with Gasteiger partial charge in [0.05, 0.1) is 10.6 Å². The molecule has 0 radical (unpaired) electrons. The molecule has 0 aromatic heterocycles. The van der Waals surface area contributed by atoms with Gasteiger partial charge < -0.3 is 5.32 Å². The maximum atomic E-state index is 13.0. The first-order chi connectivity index (χ1) is 13.9. The normalized spacial score (nSPS) is 14.1. The summed E-state index contributed by atoms with van der Waals surface area (Å²) in [4.78, 5) is 13.0. The molecule has 0 aliphatic carbocycles. The molecule has 0 saturated carbocycles. The molecule has 1 aliphatic heterocycles. The van der Waals surface area contributed by atoms with Crippen molar-refractivity contribution in [3.63, 3.8) is 0 Å². The number of anilines is 1. The van der Waals surface area contributed by atoms with Gasteiger partial charge in [-0.1, -0.05) is 42.5 Å². The Bertz CT molecular complexity index is 1200. The van der Waals surface area contributed by atoms with E-state index in [-0.39, 0.29) is 10.8 Å². The average molecular weight is 407 g/mol. The van der Waals surface area contributed by atoms with Crippen LogP contribution in [0.3, 0.4) is 0 Å². The van der Waals surface area contributed by atoms with Crippen molar-refractivity contribution in [2.75, 3.05) is 10.8 Å². The number of carbonyl (C=O) groups is 1. The van der Waals surface area contributed by atoms with E-state index in [4.69, 9.17) is 0 Å². The summed E-state index contributed by atoms with van der Waals surface area (Å²) >= 11 is 0. The highest BCUT2D eigenvalue weighted by Crippen LogP contribution is 2.43. The molecular formula is C23H22N2O3S. The van der Waals surface area contributed by atoms with Crippen molar-refractivity contribution in [2.45, 2.75) is 25.3 Å². The van der Waals surface area contributed by atoms with Gasteiger partial charge in [0.15, 0.2) is 0 Å². The summed E-state index contributed by atoms with van der Waals surface area (Å²) in [6.07, 6.45) is 0. The Kier molecular flexibility index (Phi) is 4.88. The zero-order valence-electron chi connectivity index (χ0n) is 16.3. The van der Waals surface area contributed by atoms with Crippen LogP contribution in [0.5, 0.6) is 0 Å². The van der Waals surface area contributed by atoms with Crippen molar-refractivity contribution in [3.05, 3.63) is 83.4 Å². The minimum absolute atomic E-state index is 0.190. The van der Waals surface area contributed by atoms with Crippen LogP contribution >= 0.6 is 0 Å². The first-order valence-corrected chi connectivity index (χ1v) is 11.0. The summed E-state index contributed by atoms with van der Waals surface area (Å²) in [6.45, 7) is 4.58. The molecule has 0 bridgehead atoms. The summed E-state index contributed by atoms with van der Waals surface area (Å²) in [5.41, 5.74) is 4.66. The van der Waals surface area contributed by atoms with Crippen molar-refractivity contribution < 1.29 is 13.2 Å². The van der Waals surface area contributed by atoms with Gasteiger partial charge >= 0.3 is 0 Å². The zero-order valence-corrected chi connectivity index (χ0v) is 17.2. The van der Waals surface area contributed by atoms with Crippen LogP contribution in [0.25, 0.3) is 11.1 Å². The third-order valence-corrected chi connectivity index (χ3v) is 7.21. The third kappa shape index (κ3) is 3.29. The van der Waals surface area contributed by atoms with Gasteiger partial charge in [0, 0.05) is 29.8 Å². The molecule has 0 fully saturated rings. The summed E-state index contributed by atoms with van der Waals surface area (Å²) in [5, 5.41) is 2.96. The van der Waals surface area contributed by atoms with E-state index in [2.05, 4.69) is 5.32 Å². The van der Waals surface area contributed by atoms with Gasteiger partial charge in [-0.3, -0.25) is 9.10 Å². The molecule has 0 saturated heterocycles. The van der Waals surface area contributed by atoms with Gasteiger partial charge in [0.1, 0.15) is 0 Å². The second-order valence-electron chi connectivity index (χ2n) is 7.01. The lowest BCUT2D eigenvalue weighted by Crippen LogP contribution is -2.34. The summed E-state index contributed by atoms with van der Waals surface area (Å²) in [6, 6.07) is 20.0. The van der Waals surface area contributed by atoms with Crippen LogP contribution in [0.15, 0.2) is 71.6 Å². The number of hydrogen-bond donors (Lipinski definition) is 1. The Morgan fingerprint density at radius 2 is 1.69 bits per heavy atom. The molecule has 1 N–H and O–H groups in total. The monoisotopic (exact) mass is 406 g/mol. The van der Waals surface area contributed by atoms with Crippen LogP contribution in [0.2, 0.25) is 0 Å². The Hall–Kier alpha value is -3.12. The number of hydrogen-bond acceptors (Lipinski definition) is 3. The molecule has 3 aromatic carbocycles. The summed E-state index contributed by atoms with van der Waals surface area (Å²) in [7, 11) is -3.60. The highest BCUT2D eigenvalue weighted by molar-refractivity contribution is 7.93. The molecular weight excluding hydrogens is 384 g/mol. The van der Waals surface area contributed by atoms with E-state index < -0.39 is 10.0 Å². The fourth-order valence-electron chi connectivity index (χ4n) is 3.70. The molecule has 1 aliphatic rings. The van der Waals surface area contributed by atoms with Crippen LogP contribution in [0, 0.1) is 6.92 Å². The maximum absolute atomic E-state index is 13.0. The summed E-state index contributed by atoms with van der Waals surface area (Å²) < 4.78 is 27.3. The number of amides is 1. The largest absolute Gasteiger partial charge is 0.348 e. The molecule has 6 heteroatoms. The molecule has 1 heterocycles. The van der Waals surface area contributed by atoms with E-state index in [1.54, 1.807) is 43.3 Å². The lowest BCUT2D eigenvalue weighted by molar-refractivity contribution is 0.0951. The average Bonchev–Trinajstić information content (AvgIpc) is 2.73. The second kappa shape index (κ2) is 7.37. The fourth-order valence-corrected chi connectivity index (χ4v) is 5.40. The molecule has 4 rings (SSSR count). The first-order valence-electron chi connectivity index (χ1n) is 9.52. The van der Waals surface area contributed by atoms with E-state index in [9.17, 15) is 13.2 Å². The number of benzene rings is 3. The minimum Gasteiger partial charge on any atom is -0.348 e. The second-order valence-corrected chi connectivity index (χ2v) is 8.84. The number of carbonyl (C=O) groups excluding carboxylic acids is 1. The molecule has 1 amide bonds. The van der Waals surface area contributed by atoms with Crippen LogP contribution < -0.4 is 9.62 Å². The van der Waals surface area contributed by atoms with Crippen molar-refractivity contribution in [1.29, 1.82) is 0 Å². The number of fused-ring (bicyclic) bond motifs is 3. The molecule has 5 nitrogen and oxygen atoms in total. The fraction of sp³-hybridized carbons (Fsp3) is 0.174. The van der Waals surface area contributed by atoms with Crippen LogP contribution in [-0.4, -0.2) is 20.9 Å².